The Labute approximate surface area is 220 Å². The van der Waals surface area contributed by atoms with E-state index in [9.17, 15) is 19.5 Å². The van der Waals surface area contributed by atoms with Gasteiger partial charge in [-0.1, -0.05) is 72.9 Å². The Bertz CT molecular complexity index is 1360. The van der Waals surface area contributed by atoms with Crippen molar-refractivity contribution in [2.24, 2.45) is 0 Å². The number of aliphatic carboxylic acids is 1. The first-order valence-corrected chi connectivity index (χ1v) is 12.4. The SMILES string of the molecule is CC1(C)C(=S)C2C(C(=O)N2C(C(=O)O)c2ccc(OCc3ccccc3)cc2)N1C(=O)c1ccccc1. The molecule has 5 rings (SSSR count). The van der Waals surface area contributed by atoms with Crippen molar-refractivity contribution in [3.63, 3.8) is 0 Å². The molecule has 0 spiro atoms. The zero-order valence-corrected chi connectivity index (χ0v) is 21.2. The summed E-state index contributed by atoms with van der Waals surface area (Å²) in [7, 11) is 0. The molecule has 0 aliphatic carbocycles. The van der Waals surface area contributed by atoms with Crippen LogP contribution < -0.4 is 4.74 Å². The Morgan fingerprint density at radius 3 is 2.14 bits per heavy atom. The monoisotopic (exact) mass is 514 g/mol. The van der Waals surface area contributed by atoms with Crippen molar-refractivity contribution in [1.29, 1.82) is 0 Å². The summed E-state index contributed by atoms with van der Waals surface area (Å²) in [6.07, 6.45) is 0. The molecule has 2 saturated heterocycles. The summed E-state index contributed by atoms with van der Waals surface area (Å²) < 4.78 is 5.81. The number of thiocarbonyl (C=S) groups is 1. The summed E-state index contributed by atoms with van der Waals surface area (Å²) in [6, 6.07) is 22.4. The van der Waals surface area contributed by atoms with Crippen molar-refractivity contribution in [1.82, 2.24) is 9.80 Å². The van der Waals surface area contributed by atoms with Gasteiger partial charge in [-0.15, -0.1) is 0 Å². The molecule has 7 nitrogen and oxygen atoms in total. The number of ether oxygens (including phenoxy) is 1. The second kappa shape index (κ2) is 9.44. The maximum Gasteiger partial charge on any atom is 0.331 e. The van der Waals surface area contributed by atoms with E-state index in [1.807, 2.05) is 36.4 Å². The van der Waals surface area contributed by atoms with Gasteiger partial charge in [0.15, 0.2) is 6.04 Å². The van der Waals surface area contributed by atoms with Crippen molar-refractivity contribution in [3.05, 3.63) is 102 Å². The van der Waals surface area contributed by atoms with Gasteiger partial charge in [-0.05, 0) is 49.2 Å². The first kappa shape index (κ1) is 24.6. The van der Waals surface area contributed by atoms with Gasteiger partial charge in [0.05, 0.1) is 11.6 Å². The quantitative estimate of drug-likeness (QED) is 0.374. The van der Waals surface area contributed by atoms with Gasteiger partial charge in [0.25, 0.3) is 5.91 Å². The fourth-order valence-electron chi connectivity index (χ4n) is 5.14. The maximum atomic E-state index is 13.5. The fourth-order valence-corrected chi connectivity index (χ4v) is 5.48. The third kappa shape index (κ3) is 4.17. The van der Waals surface area contributed by atoms with Crippen molar-refractivity contribution >= 4 is 34.9 Å². The number of benzene rings is 3. The van der Waals surface area contributed by atoms with Gasteiger partial charge in [-0.2, -0.15) is 0 Å². The Kier molecular flexibility index (Phi) is 6.29. The predicted molar refractivity (Wildman–Crippen MR) is 141 cm³/mol. The van der Waals surface area contributed by atoms with Gasteiger partial charge in [0.1, 0.15) is 18.4 Å². The highest BCUT2D eigenvalue weighted by molar-refractivity contribution is 7.80. The van der Waals surface area contributed by atoms with Crippen LogP contribution in [-0.2, 0) is 16.2 Å². The lowest BCUT2D eigenvalue weighted by molar-refractivity contribution is -0.165. The lowest BCUT2D eigenvalue weighted by Gasteiger charge is -2.48. The van der Waals surface area contributed by atoms with E-state index in [4.69, 9.17) is 17.0 Å². The van der Waals surface area contributed by atoms with Crippen molar-refractivity contribution in [2.75, 3.05) is 0 Å². The van der Waals surface area contributed by atoms with Crippen LogP contribution in [0.15, 0.2) is 84.9 Å². The number of likely N-dealkylation sites (tertiary alicyclic amines) is 2. The van der Waals surface area contributed by atoms with E-state index in [2.05, 4.69) is 0 Å². The summed E-state index contributed by atoms with van der Waals surface area (Å²) in [4.78, 5) is 42.5. The number of carbonyl (C=O) groups excluding carboxylic acids is 2. The predicted octanol–water partition coefficient (Wildman–Crippen LogP) is 4.28. The molecule has 2 amide bonds. The van der Waals surface area contributed by atoms with Gasteiger partial charge in [-0.25, -0.2) is 4.79 Å². The standard InChI is InChI=1S/C29H26N2O5S/c1-29(2)25(37)23-24(31(29)26(32)20-11-7-4-8-12-20)27(33)30(23)22(28(34)35)19-13-15-21(16-14-19)36-17-18-9-5-3-6-10-18/h3-16,22-24H,17H2,1-2H3,(H,34,35). The molecule has 8 heteroatoms. The molecule has 0 bridgehead atoms. The molecular formula is C29H26N2O5S. The largest absolute Gasteiger partial charge is 0.489 e. The molecule has 2 aliphatic heterocycles. The summed E-state index contributed by atoms with van der Waals surface area (Å²) in [5, 5.41) is 10.1. The van der Waals surface area contributed by atoms with Crippen LogP contribution in [0.5, 0.6) is 5.75 Å². The zero-order valence-electron chi connectivity index (χ0n) is 20.4. The molecule has 1 N–H and O–H groups in total. The molecule has 3 unspecified atom stereocenters. The average molecular weight is 515 g/mol. The zero-order chi connectivity index (χ0) is 26.3. The van der Waals surface area contributed by atoms with E-state index in [0.29, 0.717) is 28.3 Å². The minimum Gasteiger partial charge on any atom is -0.489 e. The number of carboxylic acids is 1. The van der Waals surface area contributed by atoms with E-state index < -0.39 is 35.5 Å². The van der Waals surface area contributed by atoms with Crippen LogP contribution in [0.2, 0.25) is 0 Å². The molecular weight excluding hydrogens is 488 g/mol. The summed E-state index contributed by atoms with van der Waals surface area (Å²) in [5.74, 6) is -1.32. The van der Waals surface area contributed by atoms with Gasteiger partial charge in [0, 0.05) is 10.4 Å². The first-order valence-electron chi connectivity index (χ1n) is 12.0. The highest BCUT2D eigenvalue weighted by Crippen LogP contribution is 2.46. The van der Waals surface area contributed by atoms with Gasteiger partial charge in [0.2, 0.25) is 5.91 Å². The number of β-lactam (4-membered cyclic amide) rings is 1. The molecule has 188 valence electrons. The number of carbonyl (C=O) groups is 3. The van der Waals surface area contributed by atoms with Gasteiger partial charge in [-0.3, -0.25) is 9.59 Å². The van der Waals surface area contributed by atoms with Crippen LogP contribution in [0, 0.1) is 0 Å². The van der Waals surface area contributed by atoms with E-state index in [1.165, 1.54) is 9.80 Å². The molecule has 3 aromatic carbocycles. The number of nitrogens with zero attached hydrogens (tertiary/aromatic N) is 2. The lowest BCUT2D eigenvalue weighted by Crippen LogP contribution is -2.69. The molecule has 3 atom stereocenters. The first-order chi connectivity index (χ1) is 17.7. The third-order valence-corrected chi connectivity index (χ3v) is 7.80. The topological polar surface area (TPSA) is 87.2 Å². The third-order valence-electron chi connectivity index (χ3n) is 7.05. The molecule has 2 heterocycles. The number of carboxylic acid groups (broad SMARTS) is 1. The van der Waals surface area contributed by atoms with Crippen molar-refractivity contribution in [2.45, 2.75) is 44.1 Å². The number of rotatable bonds is 7. The van der Waals surface area contributed by atoms with Crippen LogP contribution in [0.1, 0.15) is 41.4 Å². The number of fused-ring (bicyclic) bond motifs is 1. The van der Waals surface area contributed by atoms with Gasteiger partial charge < -0.3 is 19.6 Å². The maximum absolute atomic E-state index is 13.5. The molecule has 0 saturated carbocycles. The lowest BCUT2D eigenvalue weighted by atomic mass is 9.88. The van der Waals surface area contributed by atoms with E-state index in [1.54, 1.807) is 62.4 Å². The van der Waals surface area contributed by atoms with Crippen LogP contribution in [0.4, 0.5) is 0 Å². The van der Waals surface area contributed by atoms with Crippen LogP contribution in [0.3, 0.4) is 0 Å². The second-order valence-electron chi connectivity index (χ2n) is 9.68. The van der Waals surface area contributed by atoms with Crippen LogP contribution >= 0.6 is 12.2 Å². The normalized spacial score (nSPS) is 20.7. The molecule has 0 aromatic heterocycles. The summed E-state index contributed by atoms with van der Waals surface area (Å²) in [6.45, 7) is 3.98. The Morgan fingerprint density at radius 1 is 0.946 bits per heavy atom. The molecule has 0 radical (unpaired) electrons. The minimum atomic E-state index is -1.24. The highest BCUT2D eigenvalue weighted by Gasteiger charge is 2.67. The molecule has 37 heavy (non-hydrogen) atoms. The number of hydrogen-bond donors (Lipinski definition) is 1. The van der Waals surface area contributed by atoms with E-state index in [-0.39, 0.29) is 5.91 Å². The molecule has 2 fully saturated rings. The molecule has 2 aliphatic rings. The van der Waals surface area contributed by atoms with Gasteiger partial charge >= 0.3 is 5.97 Å². The summed E-state index contributed by atoms with van der Waals surface area (Å²) >= 11 is 5.74. The van der Waals surface area contributed by atoms with E-state index >= 15 is 0 Å². The smallest absolute Gasteiger partial charge is 0.331 e. The minimum absolute atomic E-state index is 0.305. The Morgan fingerprint density at radius 2 is 1.54 bits per heavy atom. The van der Waals surface area contributed by atoms with Crippen molar-refractivity contribution in [3.8, 4) is 5.75 Å². The number of amides is 2. The summed E-state index contributed by atoms with van der Waals surface area (Å²) in [5.41, 5.74) is 0.991. The Hall–Kier alpha value is -4.04. The second-order valence-corrected chi connectivity index (χ2v) is 10.1. The van der Waals surface area contributed by atoms with E-state index in [0.717, 1.165) is 5.56 Å². The van der Waals surface area contributed by atoms with Crippen molar-refractivity contribution < 1.29 is 24.2 Å². The van der Waals surface area contributed by atoms with Crippen LogP contribution in [0.25, 0.3) is 0 Å². The van der Waals surface area contributed by atoms with Crippen LogP contribution in [-0.4, -0.2) is 55.2 Å². The number of hydrogen-bond acceptors (Lipinski definition) is 5. The molecule has 3 aromatic rings. The fraction of sp³-hybridized carbons (Fsp3) is 0.241. The average Bonchev–Trinajstić information content (AvgIpc) is 3.09. The highest BCUT2D eigenvalue weighted by atomic mass is 32.1. The Balaban J connectivity index is 1.39.